The number of morpholine rings is 1. The number of nitrogens with zero attached hydrogens (tertiary/aromatic N) is 1. The minimum atomic E-state index is -0.537. The lowest BCUT2D eigenvalue weighted by Crippen LogP contribution is -2.53. The van der Waals surface area contributed by atoms with Gasteiger partial charge in [-0.25, -0.2) is 4.79 Å². The van der Waals surface area contributed by atoms with Crippen LogP contribution in [-0.4, -0.2) is 60.9 Å². The summed E-state index contributed by atoms with van der Waals surface area (Å²) in [5, 5.41) is 5.75. The zero-order valence-corrected chi connectivity index (χ0v) is 17.8. The predicted octanol–water partition coefficient (Wildman–Crippen LogP) is 2.86. The van der Waals surface area contributed by atoms with Crippen LogP contribution < -0.4 is 10.6 Å². The van der Waals surface area contributed by atoms with E-state index >= 15 is 0 Å². The van der Waals surface area contributed by atoms with Gasteiger partial charge in [-0.05, 0) is 53.2 Å². The van der Waals surface area contributed by atoms with Gasteiger partial charge in [-0.1, -0.05) is 17.7 Å². The number of rotatable bonds is 5. The van der Waals surface area contributed by atoms with Gasteiger partial charge in [0.15, 0.2) is 0 Å². The molecule has 0 radical (unpaired) electrons. The number of amides is 2. The first-order valence-corrected chi connectivity index (χ1v) is 9.76. The van der Waals surface area contributed by atoms with Crippen LogP contribution in [0, 0.1) is 13.8 Å². The molecule has 1 fully saturated rings. The highest BCUT2D eigenvalue weighted by Gasteiger charge is 2.28. The summed E-state index contributed by atoms with van der Waals surface area (Å²) in [6.07, 6.45) is -0.647. The Kier molecular flexibility index (Phi) is 7.43. The minimum Gasteiger partial charge on any atom is -0.444 e. The number of ether oxygens (including phenoxy) is 2. The quantitative estimate of drug-likeness (QED) is 0.807. The van der Waals surface area contributed by atoms with Crippen LogP contribution in [0.1, 0.15) is 38.8 Å². The molecular weight excluding hydrogens is 358 g/mol. The molecule has 7 heteroatoms. The first-order valence-electron chi connectivity index (χ1n) is 9.76. The molecule has 2 amide bonds. The third-order valence-electron chi connectivity index (χ3n) is 4.61. The van der Waals surface area contributed by atoms with Gasteiger partial charge in [0.05, 0.1) is 18.8 Å². The van der Waals surface area contributed by atoms with Crippen molar-refractivity contribution >= 4 is 17.7 Å². The molecule has 7 nitrogen and oxygen atoms in total. The number of anilines is 1. The van der Waals surface area contributed by atoms with Crippen LogP contribution >= 0.6 is 0 Å². The highest BCUT2D eigenvalue weighted by Crippen LogP contribution is 2.17. The molecule has 2 rings (SSSR count). The number of aryl methyl sites for hydroxylation is 2. The zero-order valence-electron chi connectivity index (χ0n) is 17.8. The van der Waals surface area contributed by atoms with Crippen molar-refractivity contribution in [3.63, 3.8) is 0 Å². The van der Waals surface area contributed by atoms with E-state index in [0.29, 0.717) is 26.2 Å². The molecule has 1 aromatic carbocycles. The third-order valence-corrected chi connectivity index (χ3v) is 4.61. The molecule has 0 bridgehead atoms. The molecule has 28 heavy (non-hydrogen) atoms. The molecule has 1 aliphatic rings. The van der Waals surface area contributed by atoms with Gasteiger partial charge in [0.2, 0.25) is 5.91 Å². The maximum atomic E-state index is 12.7. The Bertz CT molecular complexity index is 699. The van der Waals surface area contributed by atoms with Gasteiger partial charge < -0.3 is 20.1 Å². The Morgan fingerprint density at radius 2 is 2.04 bits per heavy atom. The van der Waals surface area contributed by atoms with Crippen molar-refractivity contribution in [2.24, 2.45) is 0 Å². The maximum Gasteiger partial charge on any atom is 0.407 e. The summed E-state index contributed by atoms with van der Waals surface area (Å²) in [5.41, 5.74) is 2.50. The molecule has 0 unspecified atom stereocenters. The molecule has 0 aromatic heterocycles. The van der Waals surface area contributed by atoms with Crippen molar-refractivity contribution < 1.29 is 19.1 Å². The average molecular weight is 392 g/mol. The van der Waals surface area contributed by atoms with Crippen LogP contribution in [0.4, 0.5) is 10.5 Å². The Morgan fingerprint density at radius 3 is 2.68 bits per heavy atom. The van der Waals surface area contributed by atoms with Gasteiger partial charge in [-0.2, -0.15) is 0 Å². The molecule has 0 saturated carbocycles. The summed E-state index contributed by atoms with van der Waals surface area (Å²) in [5.74, 6) is -0.0484. The number of hydrogen-bond donors (Lipinski definition) is 2. The lowest BCUT2D eigenvalue weighted by Gasteiger charge is -2.36. The summed E-state index contributed by atoms with van der Waals surface area (Å²) in [4.78, 5) is 26.6. The average Bonchev–Trinajstić information content (AvgIpc) is 2.60. The van der Waals surface area contributed by atoms with Crippen molar-refractivity contribution in [3.05, 3.63) is 29.3 Å². The van der Waals surface area contributed by atoms with Gasteiger partial charge >= 0.3 is 6.09 Å². The van der Waals surface area contributed by atoms with Crippen LogP contribution in [-0.2, 0) is 14.3 Å². The number of hydrogen-bond acceptors (Lipinski definition) is 5. The second-order valence-corrected chi connectivity index (χ2v) is 8.35. The topological polar surface area (TPSA) is 79.9 Å². The number of carbonyl (C=O) groups excluding carboxylic acids is 2. The van der Waals surface area contributed by atoms with Crippen molar-refractivity contribution in [2.45, 2.75) is 59.3 Å². The Balaban J connectivity index is 1.86. The van der Waals surface area contributed by atoms with E-state index in [4.69, 9.17) is 9.47 Å². The molecular formula is C21H33N3O4. The van der Waals surface area contributed by atoms with E-state index in [-0.39, 0.29) is 18.1 Å². The van der Waals surface area contributed by atoms with Crippen LogP contribution in [0.2, 0.25) is 0 Å². The second-order valence-electron chi connectivity index (χ2n) is 8.35. The molecule has 1 aromatic rings. The van der Waals surface area contributed by atoms with E-state index in [1.807, 2.05) is 59.7 Å². The van der Waals surface area contributed by atoms with E-state index in [0.717, 1.165) is 16.8 Å². The van der Waals surface area contributed by atoms with Gasteiger partial charge in [0.1, 0.15) is 5.60 Å². The Hall–Kier alpha value is -2.12. The predicted molar refractivity (Wildman–Crippen MR) is 110 cm³/mol. The molecule has 1 aliphatic heterocycles. The molecule has 2 atom stereocenters. The van der Waals surface area contributed by atoms with Gasteiger partial charge in [0.25, 0.3) is 0 Å². The van der Waals surface area contributed by atoms with Gasteiger partial charge in [-0.15, -0.1) is 0 Å². The van der Waals surface area contributed by atoms with E-state index < -0.39 is 11.7 Å². The molecule has 0 spiro atoms. The highest BCUT2D eigenvalue weighted by atomic mass is 16.6. The molecule has 0 aliphatic carbocycles. The van der Waals surface area contributed by atoms with Gasteiger partial charge in [0, 0.05) is 25.3 Å². The van der Waals surface area contributed by atoms with Crippen LogP contribution in [0.5, 0.6) is 0 Å². The van der Waals surface area contributed by atoms with Crippen molar-refractivity contribution in [3.8, 4) is 0 Å². The van der Waals surface area contributed by atoms with Gasteiger partial charge in [-0.3, -0.25) is 9.69 Å². The molecule has 1 saturated heterocycles. The minimum absolute atomic E-state index is 0.0484. The van der Waals surface area contributed by atoms with Crippen molar-refractivity contribution in [2.75, 3.05) is 31.6 Å². The number of alkyl carbamates (subject to hydrolysis) is 1. The summed E-state index contributed by atoms with van der Waals surface area (Å²) in [6, 6.07) is 5.67. The standard InChI is InChI=1S/C21H33N3O4/c1-14-7-8-18(15(2)11-14)23-19(25)16(3)24-9-10-27-17(13-24)12-22-20(26)28-21(4,5)6/h7-8,11,16-17H,9-10,12-13H2,1-6H3,(H,22,26)(H,23,25)/t16-,17-/m1/s1. The Labute approximate surface area is 167 Å². The molecule has 156 valence electrons. The fraction of sp³-hybridized carbons (Fsp3) is 0.619. The largest absolute Gasteiger partial charge is 0.444 e. The molecule has 2 N–H and O–H groups in total. The highest BCUT2D eigenvalue weighted by molar-refractivity contribution is 5.95. The maximum absolute atomic E-state index is 12.7. The fourth-order valence-corrected chi connectivity index (χ4v) is 3.09. The number of carbonyl (C=O) groups is 2. The Morgan fingerprint density at radius 1 is 1.32 bits per heavy atom. The SMILES string of the molecule is Cc1ccc(NC(=O)[C@@H](C)N2CCO[C@H](CNC(=O)OC(C)(C)C)C2)c(C)c1. The van der Waals surface area contributed by atoms with Crippen LogP contribution in [0.3, 0.4) is 0 Å². The zero-order chi connectivity index (χ0) is 20.9. The lowest BCUT2D eigenvalue weighted by molar-refractivity contribution is -0.124. The van der Waals surface area contributed by atoms with Crippen LogP contribution in [0.25, 0.3) is 0 Å². The summed E-state index contributed by atoms with van der Waals surface area (Å²) >= 11 is 0. The van der Waals surface area contributed by atoms with E-state index in [9.17, 15) is 9.59 Å². The lowest BCUT2D eigenvalue weighted by atomic mass is 10.1. The van der Waals surface area contributed by atoms with E-state index in [1.165, 1.54) is 0 Å². The van der Waals surface area contributed by atoms with Crippen molar-refractivity contribution in [1.82, 2.24) is 10.2 Å². The number of nitrogens with one attached hydrogen (secondary N) is 2. The monoisotopic (exact) mass is 391 g/mol. The first-order chi connectivity index (χ1) is 13.0. The second kappa shape index (κ2) is 9.39. The summed E-state index contributed by atoms with van der Waals surface area (Å²) in [6.45, 7) is 13.5. The normalized spacial score (nSPS) is 19.0. The summed E-state index contributed by atoms with van der Waals surface area (Å²) in [7, 11) is 0. The van der Waals surface area contributed by atoms with Crippen LogP contribution in [0.15, 0.2) is 18.2 Å². The smallest absolute Gasteiger partial charge is 0.407 e. The third kappa shape index (κ3) is 6.80. The first kappa shape index (κ1) is 22.2. The molecule has 1 heterocycles. The number of benzene rings is 1. The fourth-order valence-electron chi connectivity index (χ4n) is 3.09. The van der Waals surface area contributed by atoms with E-state index in [2.05, 4.69) is 15.5 Å². The summed E-state index contributed by atoms with van der Waals surface area (Å²) < 4.78 is 11.0. The van der Waals surface area contributed by atoms with Crippen molar-refractivity contribution in [1.29, 1.82) is 0 Å². The van der Waals surface area contributed by atoms with E-state index in [1.54, 1.807) is 0 Å².